The smallest absolute Gasteiger partial charge is 0.407 e. The average Bonchev–Trinajstić information content (AvgIpc) is 3.61. The second-order valence-corrected chi connectivity index (χ2v) is 9.66. The number of nitrogens with one attached hydrogen (secondary N) is 2. The number of likely N-dealkylation sites (tertiary alicyclic amines) is 1. The van der Waals surface area contributed by atoms with Crippen molar-refractivity contribution in [3.05, 3.63) is 66.1 Å². The molecule has 2 amide bonds. The molecule has 1 aromatic heterocycles. The van der Waals surface area contributed by atoms with Crippen molar-refractivity contribution in [3.63, 3.8) is 0 Å². The Morgan fingerprint density at radius 3 is 2.27 bits per heavy atom. The maximum absolute atomic E-state index is 13.3. The van der Waals surface area contributed by atoms with Gasteiger partial charge in [-0.3, -0.25) is 9.59 Å². The van der Waals surface area contributed by atoms with Gasteiger partial charge in [-0.2, -0.15) is 0 Å². The van der Waals surface area contributed by atoms with Crippen molar-refractivity contribution in [1.82, 2.24) is 20.2 Å². The summed E-state index contributed by atoms with van der Waals surface area (Å²) in [6.07, 6.45) is 3.35. The first-order chi connectivity index (χ1) is 17.8. The number of aromatic amines is 1. The second-order valence-electron chi connectivity index (χ2n) is 9.66. The molecule has 2 atom stereocenters. The number of nitrogens with zero attached hydrogens (tertiary/aromatic N) is 2. The first kappa shape index (κ1) is 26.1. The number of ether oxygens (including phenoxy) is 1. The predicted octanol–water partition coefficient (Wildman–Crippen LogP) is 5.38. The molecule has 1 aliphatic rings. The fraction of sp³-hybridized carbons (Fsp3) is 0.379. The molecular formula is C29H34N4O4. The van der Waals surface area contributed by atoms with Crippen LogP contribution in [0.3, 0.4) is 0 Å². The van der Waals surface area contributed by atoms with E-state index in [1.165, 1.54) is 7.11 Å². The molecule has 0 spiro atoms. The van der Waals surface area contributed by atoms with Crippen LogP contribution >= 0.6 is 0 Å². The highest BCUT2D eigenvalue weighted by molar-refractivity contribution is 5.96. The van der Waals surface area contributed by atoms with Crippen LogP contribution in [0.25, 0.3) is 22.4 Å². The third kappa shape index (κ3) is 5.74. The van der Waals surface area contributed by atoms with Crippen molar-refractivity contribution >= 4 is 17.8 Å². The molecule has 8 nitrogen and oxygen atoms in total. The quantitative estimate of drug-likeness (QED) is 0.403. The molecule has 2 N–H and O–H groups in total. The number of hydrogen-bond acceptors (Lipinski definition) is 5. The summed E-state index contributed by atoms with van der Waals surface area (Å²) in [6.45, 7) is 6.28. The zero-order valence-electron chi connectivity index (χ0n) is 21.8. The van der Waals surface area contributed by atoms with Crippen LogP contribution in [0.5, 0.6) is 0 Å². The van der Waals surface area contributed by atoms with Gasteiger partial charge in [0.15, 0.2) is 5.78 Å². The number of ketones is 1. The molecule has 2 aromatic carbocycles. The Morgan fingerprint density at radius 1 is 1.05 bits per heavy atom. The van der Waals surface area contributed by atoms with Crippen LogP contribution in [0.15, 0.2) is 54.7 Å². The number of Topliss-reactive ketones (excluding diaryl/α,β-unsaturated/α-hetero) is 1. The number of methoxy groups -OCH3 is 1. The Balaban J connectivity index is 1.49. The Bertz CT molecular complexity index is 1250. The summed E-state index contributed by atoms with van der Waals surface area (Å²) in [4.78, 5) is 46.8. The minimum absolute atomic E-state index is 0.0816. The van der Waals surface area contributed by atoms with E-state index in [4.69, 9.17) is 4.74 Å². The van der Waals surface area contributed by atoms with Gasteiger partial charge in [0.2, 0.25) is 5.91 Å². The largest absolute Gasteiger partial charge is 0.453 e. The molecule has 3 aromatic rings. The molecule has 0 aliphatic carbocycles. The molecule has 37 heavy (non-hydrogen) atoms. The van der Waals surface area contributed by atoms with Crippen molar-refractivity contribution in [2.75, 3.05) is 13.7 Å². The number of imidazole rings is 1. The van der Waals surface area contributed by atoms with Crippen LogP contribution in [0.1, 0.15) is 62.3 Å². The van der Waals surface area contributed by atoms with Gasteiger partial charge >= 0.3 is 6.09 Å². The van der Waals surface area contributed by atoms with Crippen molar-refractivity contribution in [1.29, 1.82) is 0 Å². The molecule has 0 saturated carbocycles. The molecule has 4 rings (SSSR count). The lowest BCUT2D eigenvalue weighted by Crippen LogP contribution is -2.51. The summed E-state index contributed by atoms with van der Waals surface area (Å²) in [5.41, 5.74) is 4.70. The van der Waals surface area contributed by atoms with Crippen LogP contribution in [-0.4, -0.2) is 52.3 Å². The fourth-order valence-corrected chi connectivity index (χ4v) is 4.74. The fourth-order valence-electron chi connectivity index (χ4n) is 4.74. The van der Waals surface area contributed by atoms with E-state index in [1.807, 2.05) is 69.3 Å². The number of benzene rings is 2. The molecule has 2 heterocycles. The van der Waals surface area contributed by atoms with Gasteiger partial charge in [0.05, 0.1) is 25.0 Å². The zero-order valence-corrected chi connectivity index (χ0v) is 21.8. The summed E-state index contributed by atoms with van der Waals surface area (Å²) in [5, 5.41) is 2.68. The monoisotopic (exact) mass is 502 g/mol. The number of rotatable bonds is 8. The third-order valence-electron chi connectivity index (χ3n) is 6.90. The standard InChI is InChI=1S/C29H34N4O4/c1-5-25(34)22-14-10-20(11-15-22)19-8-12-21(13-9-19)23-17-30-27(31-23)24-7-6-16-33(24)28(35)26(18(2)3)32-29(36)37-4/h8-15,17-18,24,26H,5-7,16H2,1-4H3,(H,30,31)(H,32,36)/t24-,26-/m0/s1. The Kier molecular flexibility index (Phi) is 8.06. The summed E-state index contributed by atoms with van der Waals surface area (Å²) < 4.78 is 4.71. The zero-order chi connectivity index (χ0) is 26.5. The van der Waals surface area contributed by atoms with Crippen molar-refractivity contribution < 1.29 is 19.1 Å². The van der Waals surface area contributed by atoms with Crippen molar-refractivity contribution in [2.45, 2.75) is 52.1 Å². The van der Waals surface area contributed by atoms with E-state index in [-0.39, 0.29) is 23.7 Å². The maximum atomic E-state index is 13.3. The highest BCUT2D eigenvalue weighted by atomic mass is 16.5. The molecule has 0 radical (unpaired) electrons. The number of aromatic nitrogens is 2. The van der Waals surface area contributed by atoms with E-state index in [9.17, 15) is 14.4 Å². The molecule has 1 fully saturated rings. The second kappa shape index (κ2) is 11.4. The molecular weight excluding hydrogens is 468 g/mol. The third-order valence-corrected chi connectivity index (χ3v) is 6.90. The van der Waals surface area contributed by atoms with Gasteiger partial charge in [-0.15, -0.1) is 0 Å². The predicted molar refractivity (Wildman–Crippen MR) is 142 cm³/mol. The van der Waals surface area contributed by atoms with Gasteiger partial charge in [0.1, 0.15) is 11.9 Å². The first-order valence-corrected chi connectivity index (χ1v) is 12.8. The van der Waals surface area contributed by atoms with E-state index in [0.717, 1.165) is 46.6 Å². The van der Waals surface area contributed by atoms with Gasteiger partial charge in [-0.25, -0.2) is 9.78 Å². The number of carbonyl (C=O) groups is 3. The van der Waals surface area contributed by atoms with E-state index in [1.54, 1.807) is 11.1 Å². The molecule has 1 aliphatic heterocycles. The Morgan fingerprint density at radius 2 is 1.68 bits per heavy atom. The van der Waals surface area contributed by atoms with E-state index < -0.39 is 12.1 Å². The lowest BCUT2D eigenvalue weighted by molar-refractivity contribution is -0.135. The van der Waals surface area contributed by atoms with E-state index in [0.29, 0.717) is 13.0 Å². The minimum Gasteiger partial charge on any atom is -0.453 e. The minimum atomic E-state index is -0.663. The first-order valence-electron chi connectivity index (χ1n) is 12.8. The SMILES string of the molecule is CCC(=O)c1ccc(-c2ccc(-c3cnc([C@@H]4CCCN4C(=O)[C@@H](NC(=O)OC)C(C)C)[nH]3)cc2)cc1. The van der Waals surface area contributed by atoms with Crippen molar-refractivity contribution in [2.24, 2.45) is 5.92 Å². The van der Waals surface area contributed by atoms with Gasteiger partial charge in [0, 0.05) is 18.5 Å². The van der Waals surface area contributed by atoms with E-state index >= 15 is 0 Å². The summed E-state index contributed by atoms with van der Waals surface area (Å²) in [5.74, 6) is 0.666. The number of amides is 2. The molecule has 1 saturated heterocycles. The molecule has 194 valence electrons. The average molecular weight is 503 g/mol. The van der Waals surface area contributed by atoms with Gasteiger partial charge < -0.3 is 19.9 Å². The maximum Gasteiger partial charge on any atom is 0.407 e. The van der Waals surface area contributed by atoms with Crippen LogP contribution in [0.4, 0.5) is 4.79 Å². The summed E-state index contributed by atoms with van der Waals surface area (Å²) in [7, 11) is 1.29. The molecule has 8 heteroatoms. The molecule has 0 bridgehead atoms. The summed E-state index contributed by atoms with van der Waals surface area (Å²) >= 11 is 0. The van der Waals surface area contributed by atoms with Crippen LogP contribution in [0.2, 0.25) is 0 Å². The molecule has 0 unspecified atom stereocenters. The Labute approximate surface area is 217 Å². The van der Waals surface area contributed by atoms with E-state index in [2.05, 4.69) is 15.3 Å². The van der Waals surface area contributed by atoms with Gasteiger partial charge in [-0.1, -0.05) is 69.3 Å². The van der Waals surface area contributed by atoms with Crippen LogP contribution in [-0.2, 0) is 9.53 Å². The highest BCUT2D eigenvalue weighted by Crippen LogP contribution is 2.33. The van der Waals surface area contributed by atoms with Gasteiger partial charge in [-0.05, 0) is 35.4 Å². The highest BCUT2D eigenvalue weighted by Gasteiger charge is 2.37. The lowest BCUT2D eigenvalue weighted by atomic mass is 10.0. The lowest BCUT2D eigenvalue weighted by Gasteiger charge is -2.30. The number of carbonyl (C=O) groups excluding carboxylic acids is 3. The number of hydrogen-bond donors (Lipinski definition) is 2. The van der Waals surface area contributed by atoms with Crippen LogP contribution in [0, 0.1) is 5.92 Å². The van der Waals surface area contributed by atoms with Gasteiger partial charge in [0.25, 0.3) is 0 Å². The number of alkyl carbamates (subject to hydrolysis) is 1. The Hall–Kier alpha value is -3.94. The van der Waals surface area contributed by atoms with Crippen molar-refractivity contribution in [3.8, 4) is 22.4 Å². The summed E-state index contributed by atoms with van der Waals surface area (Å²) in [6, 6.07) is 15.0. The normalized spacial score (nSPS) is 16.0. The topological polar surface area (TPSA) is 104 Å². The number of H-pyrrole nitrogens is 1. The van der Waals surface area contributed by atoms with Crippen LogP contribution < -0.4 is 5.32 Å².